The normalized spacial score (nSPS) is 11.9. The van der Waals surface area contributed by atoms with Gasteiger partial charge in [-0.3, -0.25) is 0 Å². The minimum atomic E-state index is -2.84. The SMILES string of the molecule is CCCS(=O)(=O)CCNCCc1ccc(Br)s1. The van der Waals surface area contributed by atoms with Gasteiger partial charge in [0.05, 0.1) is 9.54 Å². The Morgan fingerprint density at radius 1 is 1.29 bits per heavy atom. The lowest BCUT2D eigenvalue weighted by Crippen LogP contribution is -2.25. The van der Waals surface area contributed by atoms with Crippen molar-refractivity contribution in [1.82, 2.24) is 5.32 Å². The zero-order valence-electron chi connectivity index (χ0n) is 9.91. The summed E-state index contributed by atoms with van der Waals surface area (Å²) < 4.78 is 24.0. The minimum Gasteiger partial charge on any atom is -0.315 e. The van der Waals surface area contributed by atoms with Crippen molar-refractivity contribution in [3.8, 4) is 0 Å². The van der Waals surface area contributed by atoms with Crippen LogP contribution in [0.3, 0.4) is 0 Å². The van der Waals surface area contributed by atoms with Crippen LogP contribution in [0.5, 0.6) is 0 Å². The van der Waals surface area contributed by atoms with E-state index in [0.717, 1.165) is 16.8 Å². The molecule has 0 bridgehead atoms. The van der Waals surface area contributed by atoms with Gasteiger partial charge in [0.15, 0.2) is 9.84 Å². The first kappa shape index (κ1) is 15.1. The molecule has 0 fully saturated rings. The summed E-state index contributed by atoms with van der Waals surface area (Å²) in [6.45, 7) is 3.27. The van der Waals surface area contributed by atoms with E-state index < -0.39 is 9.84 Å². The maximum absolute atomic E-state index is 11.4. The Morgan fingerprint density at radius 3 is 2.65 bits per heavy atom. The number of hydrogen-bond acceptors (Lipinski definition) is 4. The van der Waals surface area contributed by atoms with Gasteiger partial charge in [-0.1, -0.05) is 6.92 Å². The highest BCUT2D eigenvalue weighted by molar-refractivity contribution is 9.11. The molecular weight excluding hydrogens is 322 g/mol. The van der Waals surface area contributed by atoms with Crippen LogP contribution in [0.1, 0.15) is 18.2 Å². The van der Waals surface area contributed by atoms with Crippen LogP contribution in [0.2, 0.25) is 0 Å². The van der Waals surface area contributed by atoms with E-state index in [1.165, 1.54) is 4.88 Å². The van der Waals surface area contributed by atoms with Crippen LogP contribution >= 0.6 is 27.3 Å². The highest BCUT2D eigenvalue weighted by Crippen LogP contribution is 2.21. The van der Waals surface area contributed by atoms with E-state index in [2.05, 4.69) is 27.3 Å². The molecule has 1 aromatic heterocycles. The molecule has 1 aromatic rings. The van der Waals surface area contributed by atoms with Gasteiger partial charge in [-0.15, -0.1) is 11.3 Å². The first-order valence-corrected chi connectivity index (χ1v) is 9.12. The Balaban J connectivity index is 2.13. The average Bonchev–Trinajstić information content (AvgIpc) is 2.63. The predicted octanol–water partition coefficient (Wildman–Crippen LogP) is 2.47. The molecule has 0 aliphatic carbocycles. The van der Waals surface area contributed by atoms with Crippen molar-refractivity contribution in [2.45, 2.75) is 19.8 Å². The van der Waals surface area contributed by atoms with Gasteiger partial charge in [0, 0.05) is 17.2 Å². The molecule has 0 atom stereocenters. The Morgan fingerprint density at radius 2 is 2.06 bits per heavy atom. The van der Waals surface area contributed by atoms with E-state index >= 15 is 0 Å². The maximum Gasteiger partial charge on any atom is 0.151 e. The second kappa shape index (κ2) is 7.51. The van der Waals surface area contributed by atoms with Crippen LogP contribution in [-0.4, -0.2) is 33.0 Å². The predicted molar refractivity (Wildman–Crippen MR) is 77.5 cm³/mol. The second-order valence-corrected chi connectivity index (χ2v) is 8.71. The van der Waals surface area contributed by atoms with Crippen molar-refractivity contribution in [2.24, 2.45) is 0 Å². The summed E-state index contributed by atoms with van der Waals surface area (Å²) in [7, 11) is -2.84. The molecule has 0 aliphatic rings. The van der Waals surface area contributed by atoms with Gasteiger partial charge in [-0.2, -0.15) is 0 Å². The van der Waals surface area contributed by atoms with Gasteiger partial charge in [0.2, 0.25) is 0 Å². The molecule has 0 aromatic carbocycles. The van der Waals surface area contributed by atoms with Crippen molar-refractivity contribution < 1.29 is 8.42 Å². The Bertz CT molecular complexity index is 428. The molecular formula is C11H18BrNO2S2. The highest BCUT2D eigenvalue weighted by atomic mass is 79.9. The smallest absolute Gasteiger partial charge is 0.151 e. The summed E-state index contributed by atoms with van der Waals surface area (Å²) >= 11 is 5.13. The standard InChI is InChI=1S/C11H18BrNO2S2/c1-2-8-17(14,15)9-7-13-6-5-10-3-4-11(12)16-10/h3-4,13H,2,5-9H2,1H3. The van der Waals surface area contributed by atoms with Crippen LogP contribution in [-0.2, 0) is 16.3 Å². The maximum atomic E-state index is 11.4. The van der Waals surface area contributed by atoms with E-state index in [4.69, 9.17) is 0 Å². The van der Waals surface area contributed by atoms with E-state index in [1.54, 1.807) is 11.3 Å². The zero-order chi connectivity index (χ0) is 12.7. The second-order valence-electron chi connectivity index (χ2n) is 3.86. The molecule has 0 aliphatic heterocycles. The number of rotatable bonds is 8. The van der Waals surface area contributed by atoms with Gasteiger partial charge in [0.25, 0.3) is 0 Å². The first-order valence-electron chi connectivity index (χ1n) is 5.69. The molecule has 0 spiro atoms. The van der Waals surface area contributed by atoms with Crippen molar-refractivity contribution in [3.05, 3.63) is 20.8 Å². The summed E-state index contributed by atoms with van der Waals surface area (Å²) in [5.74, 6) is 0.543. The monoisotopic (exact) mass is 339 g/mol. The fraction of sp³-hybridized carbons (Fsp3) is 0.636. The van der Waals surface area contributed by atoms with Crippen LogP contribution < -0.4 is 5.32 Å². The Kier molecular flexibility index (Phi) is 6.69. The zero-order valence-corrected chi connectivity index (χ0v) is 13.1. The van der Waals surface area contributed by atoms with Gasteiger partial charge >= 0.3 is 0 Å². The van der Waals surface area contributed by atoms with Crippen LogP contribution in [0, 0.1) is 0 Å². The first-order chi connectivity index (χ1) is 8.03. The fourth-order valence-corrected chi connectivity index (χ4v) is 4.23. The quantitative estimate of drug-likeness (QED) is 0.740. The molecule has 0 saturated carbocycles. The number of nitrogens with one attached hydrogen (secondary N) is 1. The lowest BCUT2D eigenvalue weighted by molar-refractivity contribution is 0.589. The number of hydrogen-bond donors (Lipinski definition) is 1. The van der Waals surface area contributed by atoms with Gasteiger partial charge in [-0.05, 0) is 47.4 Å². The third-order valence-electron chi connectivity index (χ3n) is 2.28. The number of sulfone groups is 1. The molecule has 1 rings (SSSR count). The molecule has 3 nitrogen and oxygen atoms in total. The number of thiophene rings is 1. The largest absolute Gasteiger partial charge is 0.315 e. The molecule has 0 saturated heterocycles. The molecule has 0 radical (unpaired) electrons. The van der Waals surface area contributed by atoms with Gasteiger partial charge in [-0.25, -0.2) is 8.42 Å². The average molecular weight is 340 g/mol. The molecule has 98 valence electrons. The van der Waals surface area contributed by atoms with E-state index in [9.17, 15) is 8.42 Å². The van der Waals surface area contributed by atoms with E-state index in [1.807, 2.05) is 13.0 Å². The van der Waals surface area contributed by atoms with Crippen LogP contribution in [0.15, 0.2) is 15.9 Å². The summed E-state index contributed by atoms with van der Waals surface area (Å²) in [6.07, 6.45) is 1.65. The third-order valence-corrected chi connectivity index (χ3v) is 5.82. The van der Waals surface area contributed by atoms with Gasteiger partial charge < -0.3 is 5.32 Å². The molecule has 17 heavy (non-hydrogen) atoms. The van der Waals surface area contributed by atoms with Crippen molar-refractivity contribution in [1.29, 1.82) is 0 Å². The van der Waals surface area contributed by atoms with E-state index in [-0.39, 0.29) is 5.75 Å². The molecule has 6 heteroatoms. The van der Waals surface area contributed by atoms with Crippen LogP contribution in [0.25, 0.3) is 0 Å². The van der Waals surface area contributed by atoms with Crippen molar-refractivity contribution in [3.63, 3.8) is 0 Å². The Labute approximate surface area is 116 Å². The summed E-state index contributed by atoms with van der Waals surface area (Å²) in [4.78, 5) is 1.31. The summed E-state index contributed by atoms with van der Waals surface area (Å²) in [5, 5.41) is 3.17. The topological polar surface area (TPSA) is 46.2 Å². The van der Waals surface area contributed by atoms with Crippen molar-refractivity contribution >= 4 is 37.1 Å². The molecule has 1 heterocycles. The Hall–Kier alpha value is 0.0900. The number of halogens is 1. The molecule has 0 amide bonds. The summed E-state index contributed by atoms with van der Waals surface area (Å²) in [5.41, 5.74) is 0. The van der Waals surface area contributed by atoms with Crippen molar-refractivity contribution in [2.75, 3.05) is 24.6 Å². The van der Waals surface area contributed by atoms with Gasteiger partial charge in [0.1, 0.15) is 0 Å². The molecule has 0 unspecified atom stereocenters. The summed E-state index contributed by atoms with van der Waals surface area (Å²) in [6, 6.07) is 4.12. The van der Waals surface area contributed by atoms with E-state index in [0.29, 0.717) is 18.7 Å². The molecule has 1 N–H and O–H groups in total. The third kappa shape index (κ3) is 6.55. The lowest BCUT2D eigenvalue weighted by atomic mass is 10.3. The fourth-order valence-electron chi connectivity index (χ4n) is 1.46. The minimum absolute atomic E-state index is 0.245. The lowest BCUT2D eigenvalue weighted by Gasteiger charge is -2.04. The van der Waals surface area contributed by atoms with Crippen LogP contribution in [0.4, 0.5) is 0 Å². The highest BCUT2D eigenvalue weighted by Gasteiger charge is 2.07.